The average Bonchev–Trinajstić information content (AvgIpc) is 2.73. The molecular weight excluding hydrogens is 412 g/mol. The molecule has 0 saturated heterocycles. The fourth-order valence-electron chi connectivity index (χ4n) is 3.81. The number of esters is 3. The Bertz CT molecular complexity index is 716. The highest BCUT2D eigenvalue weighted by Crippen LogP contribution is 2.40. The molecule has 1 aliphatic rings. The van der Waals surface area contributed by atoms with Crippen molar-refractivity contribution < 1.29 is 33.4 Å². The first kappa shape index (κ1) is 27.6. The van der Waals surface area contributed by atoms with Crippen molar-refractivity contribution in [2.75, 3.05) is 13.2 Å². The summed E-state index contributed by atoms with van der Waals surface area (Å²) in [5.74, 6) is -2.72. The summed E-state index contributed by atoms with van der Waals surface area (Å²) >= 11 is 0. The lowest BCUT2D eigenvalue weighted by Gasteiger charge is -2.37. The SMILES string of the molecule is C=CC(=O)OCC(COC(=O)C(C)(CC(C)(C)C)C(C)C)OC(=O)C1CC=CCC1C=O. The molecule has 0 heterocycles. The number of hydrogen-bond donors (Lipinski definition) is 0. The zero-order valence-corrected chi connectivity index (χ0v) is 20.2. The van der Waals surface area contributed by atoms with Gasteiger partial charge in [0.05, 0.1) is 11.3 Å². The molecule has 0 aliphatic heterocycles. The minimum atomic E-state index is -0.986. The summed E-state index contributed by atoms with van der Waals surface area (Å²) in [6.07, 6.45) is 5.92. The van der Waals surface area contributed by atoms with Crippen LogP contribution in [-0.4, -0.2) is 43.5 Å². The summed E-state index contributed by atoms with van der Waals surface area (Å²) in [7, 11) is 0. The lowest BCUT2D eigenvalue weighted by molar-refractivity contribution is -0.175. The van der Waals surface area contributed by atoms with Crippen LogP contribution >= 0.6 is 0 Å². The quantitative estimate of drug-likeness (QED) is 0.154. The monoisotopic (exact) mass is 450 g/mol. The fourth-order valence-corrected chi connectivity index (χ4v) is 3.81. The first-order valence-electron chi connectivity index (χ1n) is 11.1. The molecule has 4 atom stereocenters. The van der Waals surface area contributed by atoms with Crippen LogP contribution in [0.1, 0.15) is 60.8 Å². The second-order valence-corrected chi connectivity index (χ2v) is 10.2. The predicted octanol–water partition coefficient (Wildman–Crippen LogP) is 4.05. The molecule has 4 unspecified atom stereocenters. The van der Waals surface area contributed by atoms with E-state index in [1.807, 2.05) is 32.9 Å². The maximum Gasteiger partial charge on any atom is 0.330 e. The minimum Gasteiger partial charge on any atom is -0.461 e. The molecule has 7 nitrogen and oxygen atoms in total. The lowest BCUT2D eigenvalue weighted by Crippen LogP contribution is -2.41. The van der Waals surface area contributed by atoms with E-state index in [1.54, 1.807) is 0 Å². The number of aldehydes is 1. The summed E-state index contributed by atoms with van der Waals surface area (Å²) in [6, 6.07) is 0. The molecule has 0 aromatic carbocycles. The van der Waals surface area contributed by atoms with Gasteiger partial charge in [0.15, 0.2) is 6.10 Å². The Morgan fingerprint density at radius 1 is 1.06 bits per heavy atom. The van der Waals surface area contributed by atoms with Gasteiger partial charge in [-0.3, -0.25) is 9.59 Å². The van der Waals surface area contributed by atoms with Crippen LogP contribution in [0.15, 0.2) is 24.8 Å². The van der Waals surface area contributed by atoms with E-state index < -0.39 is 41.3 Å². The fraction of sp³-hybridized carbons (Fsp3) is 0.680. The number of ether oxygens (including phenoxy) is 3. The van der Waals surface area contributed by atoms with Gasteiger partial charge in [-0.15, -0.1) is 0 Å². The van der Waals surface area contributed by atoms with Crippen LogP contribution in [0.2, 0.25) is 0 Å². The summed E-state index contributed by atoms with van der Waals surface area (Å²) < 4.78 is 16.1. The van der Waals surface area contributed by atoms with Gasteiger partial charge in [-0.1, -0.05) is 53.3 Å². The molecule has 1 rings (SSSR count). The van der Waals surface area contributed by atoms with Gasteiger partial charge in [-0.2, -0.15) is 0 Å². The summed E-state index contributed by atoms with van der Waals surface area (Å²) in [5.41, 5.74) is -0.830. The Balaban J connectivity index is 2.91. The van der Waals surface area contributed by atoms with Gasteiger partial charge in [0.2, 0.25) is 0 Å². The van der Waals surface area contributed by atoms with Crippen molar-refractivity contribution in [2.45, 2.75) is 66.9 Å². The van der Waals surface area contributed by atoms with E-state index in [0.717, 1.165) is 12.4 Å². The molecule has 0 fully saturated rings. The normalized spacial score (nSPS) is 21.2. The van der Waals surface area contributed by atoms with E-state index in [0.29, 0.717) is 19.3 Å². The highest BCUT2D eigenvalue weighted by atomic mass is 16.6. The molecule has 0 radical (unpaired) electrons. The van der Waals surface area contributed by atoms with Crippen LogP contribution < -0.4 is 0 Å². The molecule has 0 spiro atoms. The van der Waals surface area contributed by atoms with Crippen LogP contribution in [0.25, 0.3) is 0 Å². The first-order valence-corrected chi connectivity index (χ1v) is 11.1. The maximum absolute atomic E-state index is 13.0. The number of carbonyl (C=O) groups is 4. The molecule has 0 saturated carbocycles. The van der Waals surface area contributed by atoms with Gasteiger partial charge in [0.1, 0.15) is 19.5 Å². The minimum absolute atomic E-state index is 0.0243. The van der Waals surface area contributed by atoms with Gasteiger partial charge in [0.25, 0.3) is 0 Å². The standard InChI is InChI=1S/C25H38O7/c1-8-21(27)30-14-19(32-22(28)20-12-10-9-11-18(20)13-26)15-31-23(29)25(7,17(2)3)16-24(4,5)6/h8-10,13,17-20H,1,11-12,14-16H2,2-7H3. The smallest absolute Gasteiger partial charge is 0.330 e. The van der Waals surface area contributed by atoms with Crippen LogP contribution in [0.5, 0.6) is 0 Å². The van der Waals surface area contributed by atoms with Crippen molar-refractivity contribution in [3.05, 3.63) is 24.8 Å². The molecule has 180 valence electrons. The molecule has 0 aromatic rings. The third-order valence-corrected chi connectivity index (χ3v) is 5.86. The van der Waals surface area contributed by atoms with Gasteiger partial charge in [-0.05, 0) is 37.5 Å². The molecular formula is C25H38O7. The van der Waals surface area contributed by atoms with Gasteiger partial charge in [-0.25, -0.2) is 4.79 Å². The van der Waals surface area contributed by atoms with Gasteiger partial charge in [0, 0.05) is 12.0 Å². The number of rotatable bonds is 11. The lowest BCUT2D eigenvalue weighted by atomic mass is 9.69. The maximum atomic E-state index is 13.0. The van der Waals surface area contributed by atoms with Crippen molar-refractivity contribution in [3.63, 3.8) is 0 Å². The van der Waals surface area contributed by atoms with Gasteiger partial charge < -0.3 is 19.0 Å². The largest absolute Gasteiger partial charge is 0.461 e. The summed E-state index contributed by atoms with van der Waals surface area (Å²) in [5, 5.41) is 0. The summed E-state index contributed by atoms with van der Waals surface area (Å²) in [4.78, 5) is 48.6. The van der Waals surface area contributed by atoms with E-state index in [2.05, 4.69) is 27.4 Å². The van der Waals surface area contributed by atoms with E-state index >= 15 is 0 Å². The Morgan fingerprint density at radius 3 is 2.19 bits per heavy atom. The molecule has 0 amide bonds. The van der Waals surface area contributed by atoms with Crippen molar-refractivity contribution in [1.29, 1.82) is 0 Å². The third kappa shape index (κ3) is 8.24. The van der Waals surface area contributed by atoms with Crippen molar-refractivity contribution in [1.82, 2.24) is 0 Å². The zero-order valence-electron chi connectivity index (χ0n) is 20.2. The van der Waals surface area contributed by atoms with Crippen LogP contribution in [0.3, 0.4) is 0 Å². The molecule has 1 aliphatic carbocycles. The highest BCUT2D eigenvalue weighted by molar-refractivity contribution is 5.81. The predicted molar refractivity (Wildman–Crippen MR) is 120 cm³/mol. The first-order chi connectivity index (χ1) is 14.8. The van der Waals surface area contributed by atoms with Crippen molar-refractivity contribution in [2.24, 2.45) is 28.6 Å². The topological polar surface area (TPSA) is 96.0 Å². The number of allylic oxidation sites excluding steroid dienone is 2. The third-order valence-electron chi connectivity index (χ3n) is 5.86. The Morgan fingerprint density at radius 2 is 1.66 bits per heavy atom. The zero-order chi connectivity index (χ0) is 24.5. The van der Waals surface area contributed by atoms with E-state index in [1.165, 1.54) is 0 Å². The number of hydrogen-bond acceptors (Lipinski definition) is 7. The Hall–Kier alpha value is -2.44. The second-order valence-electron chi connectivity index (χ2n) is 10.2. The van der Waals surface area contributed by atoms with Crippen molar-refractivity contribution >= 4 is 24.2 Å². The van der Waals surface area contributed by atoms with Crippen LogP contribution in [0.4, 0.5) is 0 Å². The van der Waals surface area contributed by atoms with Crippen LogP contribution in [-0.2, 0) is 33.4 Å². The molecule has 0 N–H and O–H groups in total. The highest BCUT2D eigenvalue weighted by Gasteiger charge is 2.42. The van der Waals surface area contributed by atoms with E-state index in [9.17, 15) is 19.2 Å². The van der Waals surface area contributed by atoms with E-state index in [4.69, 9.17) is 14.2 Å². The molecule has 7 heteroatoms. The second kappa shape index (κ2) is 12.0. The molecule has 32 heavy (non-hydrogen) atoms. The van der Waals surface area contributed by atoms with Gasteiger partial charge >= 0.3 is 17.9 Å². The summed E-state index contributed by atoms with van der Waals surface area (Å²) in [6.45, 7) is 14.8. The van der Waals surface area contributed by atoms with E-state index in [-0.39, 0.29) is 24.5 Å². The molecule has 0 aromatic heterocycles. The Kier molecular flexibility index (Phi) is 10.3. The van der Waals surface area contributed by atoms with Crippen molar-refractivity contribution in [3.8, 4) is 0 Å². The number of carbonyl (C=O) groups excluding carboxylic acids is 4. The Labute approximate surface area is 191 Å². The average molecular weight is 451 g/mol. The van der Waals surface area contributed by atoms with Crippen LogP contribution in [0, 0.1) is 28.6 Å². The molecule has 0 bridgehead atoms.